The van der Waals surface area contributed by atoms with Crippen LogP contribution in [-0.2, 0) is 14.0 Å². The largest absolute Gasteiger partial charge is 0.469 e. The Morgan fingerprint density at radius 1 is 1.08 bits per heavy atom. The number of esters is 1. The van der Waals surface area contributed by atoms with Crippen LogP contribution < -0.4 is 0 Å². The van der Waals surface area contributed by atoms with E-state index in [1.165, 1.54) is 7.11 Å². The van der Waals surface area contributed by atoms with E-state index in [-0.39, 0.29) is 27.8 Å². The second kappa shape index (κ2) is 9.89. The number of aliphatic hydroxyl groups is 2. The van der Waals surface area contributed by atoms with Crippen molar-refractivity contribution in [3.63, 3.8) is 0 Å². The van der Waals surface area contributed by atoms with E-state index in [1.807, 2.05) is 0 Å². The van der Waals surface area contributed by atoms with Crippen molar-refractivity contribution in [2.45, 2.75) is 142 Å². The third kappa shape index (κ3) is 4.78. The maximum Gasteiger partial charge on any atom is 0.305 e. The molecular weight excluding hydrogens is 480 g/mol. The fourth-order valence-corrected chi connectivity index (χ4v) is 10.9. The average Bonchev–Trinajstić information content (AvgIpc) is 3.08. The first-order chi connectivity index (χ1) is 17.0. The predicted octanol–water partition coefficient (Wildman–Crippen LogP) is 6.71. The molecule has 6 heteroatoms. The van der Waals surface area contributed by atoms with Gasteiger partial charge >= 0.3 is 5.97 Å². The van der Waals surface area contributed by atoms with Gasteiger partial charge in [0, 0.05) is 18.4 Å². The number of aliphatic hydroxyl groups excluding tert-OH is 1. The van der Waals surface area contributed by atoms with Gasteiger partial charge in [0.25, 0.3) is 0 Å². The fraction of sp³-hybridized carbons (Fsp3) is 0.968. The second-order valence-corrected chi connectivity index (χ2v) is 20.3. The Hall–Kier alpha value is -0.433. The molecule has 214 valence electrons. The highest BCUT2D eigenvalue weighted by Gasteiger charge is 2.69. The van der Waals surface area contributed by atoms with Gasteiger partial charge in [-0.25, -0.2) is 0 Å². The zero-order valence-corrected chi connectivity index (χ0v) is 26.2. The summed E-state index contributed by atoms with van der Waals surface area (Å²) in [6, 6.07) is 0. The van der Waals surface area contributed by atoms with E-state index in [2.05, 4.69) is 54.6 Å². The third-order valence-electron chi connectivity index (χ3n) is 12.9. The molecule has 4 aliphatic rings. The maximum atomic E-state index is 12.5. The molecule has 0 aromatic carbocycles. The monoisotopic (exact) mass is 536 g/mol. The van der Waals surface area contributed by atoms with Crippen molar-refractivity contribution < 1.29 is 24.2 Å². The van der Waals surface area contributed by atoms with Crippen LogP contribution in [0.4, 0.5) is 0 Å². The van der Waals surface area contributed by atoms with Crippen molar-refractivity contribution in [1.82, 2.24) is 0 Å². The zero-order valence-electron chi connectivity index (χ0n) is 25.2. The Balaban J connectivity index is 1.52. The molecule has 0 aliphatic heterocycles. The summed E-state index contributed by atoms with van der Waals surface area (Å²) < 4.78 is 11.8. The number of carbonyl (C=O) groups is 1. The summed E-state index contributed by atoms with van der Waals surface area (Å²) >= 11 is 0. The number of hydrogen-bond acceptors (Lipinski definition) is 5. The average molecular weight is 537 g/mol. The van der Waals surface area contributed by atoms with Crippen molar-refractivity contribution in [1.29, 1.82) is 0 Å². The molecule has 5 nitrogen and oxygen atoms in total. The quantitative estimate of drug-likeness (QED) is 0.291. The molecule has 4 aliphatic carbocycles. The van der Waals surface area contributed by atoms with Gasteiger partial charge in [-0.2, -0.15) is 0 Å². The summed E-state index contributed by atoms with van der Waals surface area (Å²) in [5, 5.41) is 24.4. The Kier molecular flexibility index (Phi) is 7.89. The molecule has 0 unspecified atom stereocenters. The van der Waals surface area contributed by atoms with E-state index in [1.54, 1.807) is 0 Å². The van der Waals surface area contributed by atoms with Crippen molar-refractivity contribution in [3.8, 4) is 0 Å². The lowest BCUT2D eigenvalue weighted by Gasteiger charge is -2.65. The molecule has 4 rings (SSSR count). The summed E-state index contributed by atoms with van der Waals surface area (Å²) in [7, 11) is -0.377. The first-order valence-electron chi connectivity index (χ1n) is 15.2. The lowest BCUT2D eigenvalue weighted by molar-refractivity contribution is -0.244. The lowest BCUT2D eigenvalue weighted by atomic mass is 9.42. The zero-order chi connectivity index (χ0) is 27.6. The number of fused-ring (bicyclic) bond motifs is 5. The van der Waals surface area contributed by atoms with Crippen molar-refractivity contribution in [2.24, 2.45) is 40.4 Å². The van der Waals surface area contributed by atoms with Gasteiger partial charge < -0.3 is 19.4 Å². The van der Waals surface area contributed by atoms with Crippen molar-refractivity contribution in [3.05, 3.63) is 0 Å². The normalized spacial score (nSPS) is 44.9. The third-order valence-corrected chi connectivity index (χ3v) is 17.4. The van der Waals surface area contributed by atoms with Crippen molar-refractivity contribution >= 4 is 14.3 Å². The summed E-state index contributed by atoms with van der Waals surface area (Å²) in [5.74, 6) is 1.33. The number of hydrogen-bond donors (Lipinski definition) is 2. The summed E-state index contributed by atoms with van der Waals surface area (Å²) in [4.78, 5) is 11.8. The standard InChI is InChI=1S/C31H56O5Si/c1-20(10-11-26(33)35-7)23-14-17-31(34)27-24(13-16-30(23,31)6)29(5)15-12-22(18-21(29)19-25(27)32)36-37(8,9)28(2,3)4/h20-25,27,32,34H,10-19H2,1-9H3/t20-,21+,22-,23-,24+,25+,27+,29+,30-,31-/m1/s1. The van der Waals surface area contributed by atoms with E-state index in [4.69, 9.17) is 9.16 Å². The van der Waals surface area contributed by atoms with Crippen LogP contribution in [0.15, 0.2) is 0 Å². The van der Waals surface area contributed by atoms with Crippen LogP contribution >= 0.6 is 0 Å². The van der Waals surface area contributed by atoms with Gasteiger partial charge in [-0.05, 0) is 110 Å². The highest BCUT2D eigenvalue weighted by Crippen LogP contribution is 2.70. The molecule has 0 aromatic rings. The molecule has 0 spiro atoms. The minimum absolute atomic E-state index is 0.0526. The number of rotatable bonds is 6. The van der Waals surface area contributed by atoms with E-state index in [0.29, 0.717) is 36.2 Å². The maximum absolute atomic E-state index is 12.5. The molecule has 0 bridgehead atoms. The first kappa shape index (κ1) is 29.5. The fourth-order valence-electron chi connectivity index (χ4n) is 9.48. The molecule has 0 aromatic heterocycles. The lowest BCUT2D eigenvalue weighted by Crippen LogP contribution is -2.66. The van der Waals surface area contributed by atoms with Gasteiger partial charge in [-0.1, -0.05) is 41.5 Å². The van der Waals surface area contributed by atoms with Gasteiger partial charge in [0.1, 0.15) is 0 Å². The van der Waals surface area contributed by atoms with Gasteiger partial charge in [0.05, 0.1) is 18.8 Å². The van der Waals surface area contributed by atoms with Gasteiger partial charge in [0.15, 0.2) is 8.32 Å². The highest BCUT2D eigenvalue weighted by atomic mass is 28.4. The van der Waals surface area contributed by atoms with Gasteiger partial charge in [0.2, 0.25) is 0 Å². The minimum Gasteiger partial charge on any atom is -0.469 e. The molecule has 4 fully saturated rings. The molecular formula is C31H56O5Si. The summed E-state index contributed by atoms with van der Waals surface area (Å²) in [6.07, 6.45) is 9.00. The van der Waals surface area contributed by atoms with Crippen LogP contribution in [0.1, 0.15) is 106 Å². The Bertz CT molecular complexity index is 853. The van der Waals surface area contributed by atoms with Crippen LogP contribution in [0.3, 0.4) is 0 Å². The second-order valence-electron chi connectivity index (χ2n) is 15.5. The highest BCUT2D eigenvalue weighted by molar-refractivity contribution is 6.74. The molecule has 4 saturated carbocycles. The number of ether oxygens (including phenoxy) is 1. The molecule has 37 heavy (non-hydrogen) atoms. The van der Waals surface area contributed by atoms with Gasteiger partial charge in [-0.15, -0.1) is 0 Å². The van der Waals surface area contributed by atoms with E-state index < -0.39 is 20.0 Å². The molecule has 0 saturated heterocycles. The molecule has 0 amide bonds. The smallest absolute Gasteiger partial charge is 0.305 e. The molecule has 0 radical (unpaired) electrons. The van der Waals surface area contributed by atoms with Crippen LogP contribution in [-0.4, -0.2) is 49.4 Å². The molecule has 0 heterocycles. The van der Waals surface area contributed by atoms with E-state index in [0.717, 1.165) is 57.8 Å². The Morgan fingerprint density at radius 3 is 2.38 bits per heavy atom. The SMILES string of the molecule is COC(=O)CC[C@@H](C)[C@H]1CC[C@@]2(O)[C@@H]3[C@@H](O)C[C@@H]4C[C@H](O[Si](C)(C)C(C)(C)C)CC[C@]4(C)[C@H]3CC[C@]12C. The minimum atomic E-state index is -1.83. The van der Waals surface area contributed by atoms with Crippen LogP contribution in [0.2, 0.25) is 18.1 Å². The van der Waals surface area contributed by atoms with Crippen LogP contribution in [0, 0.1) is 40.4 Å². The van der Waals surface area contributed by atoms with Gasteiger partial charge in [-0.3, -0.25) is 4.79 Å². The molecule has 2 N–H and O–H groups in total. The van der Waals surface area contributed by atoms with E-state index >= 15 is 0 Å². The number of carbonyl (C=O) groups excluding carboxylic acids is 1. The predicted molar refractivity (Wildman–Crippen MR) is 151 cm³/mol. The summed E-state index contributed by atoms with van der Waals surface area (Å²) in [6.45, 7) is 18.7. The summed E-state index contributed by atoms with van der Waals surface area (Å²) in [5.41, 5.74) is -0.888. The topological polar surface area (TPSA) is 76.0 Å². The van der Waals surface area contributed by atoms with Crippen LogP contribution in [0.5, 0.6) is 0 Å². The van der Waals surface area contributed by atoms with Crippen molar-refractivity contribution in [2.75, 3.05) is 7.11 Å². The molecule has 10 atom stereocenters. The van der Waals surface area contributed by atoms with E-state index in [9.17, 15) is 15.0 Å². The number of methoxy groups -OCH3 is 1. The van der Waals surface area contributed by atoms with Crippen LogP contribution in [0.25, 0.3) is 0 Å². The first-order valence-corrected chi connectivity index (χ1v) is 18.1. The Labute approximate surface area is 227 Å². The Morgan fingerprint density at radius 2 is 1.76 bits per heavy atom.